The summed E-state index contributed by atoms with van der Waals surface area (Å²) in [6.07, 6.45) is 3.50. The maximum atomic E-state index is 5.48. The molecule has 0 saturated heterocycles. The summed E-state index contributed by atoms with van der Waals surface area (Å²) in [6.45, 7) is 1.04. The Morgan fingerprint density at radius 3 is 2.38 bits per heavy atom. The van der Waals surface area contributed by atoms with Crippen molar-refractivity contribution in [3.05, 3.63) is 42.7 Å². The van der Waals surface area contributed by atoms with Gasteiger partial charge in [-0.1, -0.05) is 18.2 Å². The van der Waals surface area contributed by atoms with Crippen molar-refractivity contribution >= 4 is 0 Å². The van der Waals surface area contributed by atoms with Crippen molar-refractivity contribution in [1.82, 2.24) is 9.78 Å². The number of benzene rings is 1. The third-order valence-electron chi connectivity index (χ3n) is 2.05. The molecule has 84 valence electrons. The zero-order valence-electron chi connectivity index (χ0n) is 9.17. The van der Waals surface area contributed by atoms with Crippen LogP contribution in [0.2, 0.25) is 0 Å². The Balaban J connectivity index is 1.69. The van der Waals surface area contributed by atoms with E-state index in [-0.39, 0.29) is 0 Å². The lowest BCUT2D eigenvalue weighted by Crippen LogP contribution is -2.08. The Bertz CT molecular complexity index is 426. The van der Waals surface area contributed by atoms with E-state index >= 15 is 0 Å². The molecule has 2 rings (SSSR count). The molecule has 0 aliphatic rings. The normalized spacial score (nSPS) is 10.1. The van der Waals surface area contributed by atoms with Crippen LogP contribution in [0, 0.1) is 0 Å². The van der Waals surface area contributed by atoms with Crippen molar-refractivity contribution in [1.29, 1.82) is 0 Å². The second-order valence-corrected chi connectivity index (χ2v) is 3.36. The fourth-order valence-electron chi connectivity index (χ4n) is 1.31. The zero-order chi connectivity index (χ0) is 11.2. The van der Waals surface area contributed by atoms with Gasteiger partial charge in [0.2, 0.25) is 0 Å². The molecule has 1 aromatic heterocycles. The Kier molecular flexibility index (Phi) is 3.43. The molecule has 16 heavy (non-hydrogen) atoms. The monoisotopic (exact) mass is 218 g/mol. The van der Waals surface area contributed by atoms with Gasteiger partial charge in [0.25, 0.3) is 0 Å². The topological polar surface area (TPSA) is 36.3 Å². The second kappa shape index (κ2) is 5.21. The molecule has 0 amide bonds. The van der Waals surface area contributed by atoms with Crippen LogP contribution in [0.5, 0.6) is 11.5 Å². The van der Waals surface area contributed by atoms with E-state index in [0.29, 0.717) is 13.2 Å². The van der Waals surface area contributed by atoms with E-state index < -0.39 is 0 Å². The van der Waals surface area contributed by atoms with Gasteiger partial charge in [-0.25, -0.2) is 0 Å². The second-order valence-electron chi connectivity index (χ2n) is 3.36. The number of hydrogen-bond donors (Lipinski definition) is 0. The molecule has 0 unspecified atom stereocenters. The highest BCUT2D eigenvalue weighted by molar-refractivity contribution is 5.20. The third kappa shape index (κ3) is 3.02. The Hall–Kier alpha value is -1.97. The average molecular weight is 218 g/mol. The summed E-state index contributed by atoms with van der Waals surface area (Å²) < 4.78 is 12.6. The quantitative estimate of drug-likeness (QED) is 0.719. The van der Waals surface area contributed by atoms with Crippen LogP contribution >= 0.6 is 0 Å². The fourth-order valence-corrected chi connectivity index (χ4v) is 1.31. The third-order valence-corrected chi connectivity index (χ3v) is 2.05. The predicted octanol–water partition coefficient (Wildman–Crippen LogP) is 1.88. The molecule has 2 aromatic rings. The van der Waals surface area contributed by atoms with Crippen molar-refractivity contribution in [2.24, 2.45) is 7.05 Å². The fraction of sp³-hybridized carbons (Fsp3) is 0.250. The van der Waals surface area contributed by atoms with Crippen LogP contribution in [-0.4, -0.2) is 23.0 Å². The molecule has 4 heteroatoms. The molecule has 0 fully saturated rings. The van der Waals surface area contributed by atoms with Gasteiger partial charge in [0.15, 0.2) is 5.75 Å². The Morgan fingerprint density at radius 2 is 1.75 bits per heavy atom. The van der Waals surface area contributed by atoms with Crippen LogP contribution in [0.15, 0.2) is 42.7 Å². The van der Waals surface area contributed by atoms with Gasteiger partial charge >= 0.3 is 0 Å². The largest absolute Gasteiger partial charge is 0.490 e. The lowest BCUT2D eigenvalue weighted by atomic mass is 10.3. The minimum absolute atomic E-state index is 0.514. The van der Waals surface area contributed by atoms with Gasteiger partial charge in [0, 0.05) is 7.05 Å². The van der Waals surface area contributed by atoms with Crippen molar-refractivity contribution < 1.29 is 9.47 Å². The Morgan fingerprint density at radius 1 is 1.06 bits per heavy atom. The van der Waals surface area contributed by atoms with Crippen LogP contribution < -0.4 is 9.47 Å². The molecule has 0 N–H and O–H groups in total. The first-order valence-corrected chi connectivity index (χ1v) is 5.14. The van der Waals surface area contributed by atoms with Gasteiger partial charge in [-0.3, -0.25) is 4.68 Å². The van der Waals surface area contributed by atoms with Crippen molar-refractivity contribution in [3.8, 4) is 11.5 Å². The summed E-state index contributed by atoms with van der Waals surface area (Å²) in [4.78, 5) is 0. The molecule has 0 bridgehead atoms. The van der Waals surface area contributed by atoms with Crippen LogP contribution in [0.3, 0.4) is 0 Å². The minimum Gasteiger partial charge on any atom is -0.490 e. The maximum Gasteiger partial charge on any atom is 0.157 e. The molecule has 1 aromatic carbocycles. The first-order valence-electron chi connectivity index (χ1n) is 5.14. The minimum atomic E-state index is 0.514. The summed E-state index contributed by atoms with van der Waals surface area (Å²) in [7, 11) is 1.85. The van der Waals surface area contributed by atoms with Crippen molar-refractivity contribution in [3.63, 3.8) is 0 Å². The van der Waals surface area contributed by atoms with Crippen LogP contribution in [-0.2, 0) is 7.05 Å². The zero-order valence-corrected chi connectivity index (χ0v) is 9.17. The Labute approximate surface area is 94.4 Å². The molecule has 4 nitrogen and oxygen atoms in total. The van der Waals surface area contributed by atoms with E-state index in [0.717, 1.165) is 11.5 Å². The highest BCUT2D eigenvalue weighted by Crippen LogP contribution is 2.09. The van der Waals surface area contributed by atoms with Crippen molar-refractivity contribution in [2.75, 3.05) is 13.2 Å². The van der Waals surface area contributed by atoms with E-state index in [1.165, 1.54) is 0 Å². The average Bonchev–Trinajstić information content (AvgIpc) is 2.72. The summed E-state index contributed by atoms with van der Waals surface area (Å²) in [5, 5.41) is 4.00. The van der Waals surface area contributed by atoms with Gasteiger partial charge in [0.05, 0.1) is 12.4 Å². The molecule has 0 radical (unpaired) electrons. The number of aryl methyl sites for hydroxylation is 1. The standard InChI is InChI=1S/C12H14N2O2/c1-14-10-12(9-13-14)16-8-7-15-11-5-3-2-4-6-11/h2-6,9-10H,7-8H2,1H3. The smallest absolute Gasteiger partial charge is 0.157 e. The number of rotatable bonds is 5. The van der Waals surface area contributed by atoms with Gasteiger partial charge in [-0.15, -0.1) is 0 Å². The lowest BCUT2D eigenvalue weighted by Gasteiger charge is -2.06. The number of aromatic nitrogens is 2. The molecule has 0 aliphatic heterocycles. The summed E-state index contributed by atoms with van der Waals surface area (Å²) in [6, 6.07) is 9.68. The van der Waals surface area contributed by atoms with Crippen LogP contribution in [0.4, 0.5) is 0 Å². The SMILES string of the molecule is Cn1cc(OCCOc2ccccc2)cn1. The molecule has 0 saturated carbocycles. The lowest BCUT2D eigenvalue weighted by molar-refractivity contribution is 0.217. The number of nitrogens with zero attached hydrogens (tertiary/aromatic N) is 2. The predicted molar refractivity (Wildman–Crippen MR) is 60.6 cm³/mol. The van der Waals surface area contributed by atoms with E-state index in [1.54, 1.807) is 10.9 Å². The van der Waals surface area contributed by atoms with Gasteiger partial charge in [-0.05, 0) is 12.1 Å². The van der Waals surface area contributed by atoms with E-state index in [4.69, 9.17) is 9.47 Å². The van der Waals surface area contributed by atoms with E-state index in [2.05, 4.69) is 5.10 Å². The highest BCUT2D eigenvalue weighted by atomic mass is 16.5. The van der Waals surface area contributed by atoms with E-state index in [1.807, 2.05) is 43.6 Å². The van der Waals surface area contributed by atoms with Crippen molar-refractivity contribution in [2.45, 2.75) is 0 Å². The van der Waals surface area contributed by atoms with Gasteiger partial charge < -0.3 is 9.47 Å². The number of para-hydroxylation sites is 1. The first kappa shape index (κ1) is 10.5. The van der Waals surface area contributed by atoms with Crippen LogP contribution in [0.1, 0.15) is 0 Å². The van der Waals surface area contributed by atoms with Crippen LogP contribution in [0.25, 0.3) is 0 Å². The first-order chi connectivity index (χ1) is 7.84. The van der Waals surface area contributed by atoms with Gasteiger partial charge in [0.1, 0.15) is 19.0 Å². The molecule has 0 aliphatic carbocycles. The molecule has 0 spiro atoms. The number of hydrogen-bond acceptors (Lipinski definition) is 3. The van der Waals surface area contributed by atoms with Gasteiger partial charge in [-0.2, -0.15) is 5.10 Å². The summed E-state index contributed by atoms with van der Waals surface area (Å²) in [5.74, 6) is 1.62. The summed E-state index contributed by atoms with van der Waals surface area (Å²) in [5.41, 5.74) is 0. The molecule has 0 atom stereocenters. The highest BCUT2D eigenvalue weighted by Gasteiger charge is 1.96. The molecular formula is C12H14N2O2. The molecule has 1 heterocycles. The van der Waals surface area contributed by atoms with E-state index in [9.17, 15) is 0 Å². The number of ether oxygens (including phenoxy) is 2. The molecular weight excluding hydrogens is 204 g/mol. The summed E-state index contributed by atoms with van der Waals surface area (Å²) >= 11 is 0. The maximum absolute atomic E-state index is 5.48.